The second-order valence-electron chi connectivity index (χ2n) is 4.76. The van der Waals surface area contributed by atoms with Crippen LogP contribution in [0.2, 0.25) is 0 Å². The molecule has 2 aromatic rings. The molecule has 24 heavy (non-hydrogen) atoms. The molecular formula is C17H20N2O5. The van der Waals surface area contributed by atoms with Crippen LogP contribution in [0.4, 0.5) is 0 Å². The van der Waals surface area contributed by atoms with Gasteiger partial charge in [-0.05, 0) is 43.3 Å². The molecule has 0 unspecified atom stereocenters. The van der Waals surface area contributed by atoms with Crippen molar-refractivity contribution in [3.8, 4) is 11.5 Å². The van der Waals surface area contributed by atoms with Crippen LogP contribution in [0.15, 0.2) is 42.6 Å². The third-order valence-corrected chi connectivity index (χ3v) is 2.98. The third-order valence-electron chi connectivity index (χ3n) is 2.98. The number of hydrogen-bond acceptors (Lipinski definition) is 5. The Kier molecular flexibility index (Phi) is 6.70. The van der Waals surface area contributed by atoms with Gasteiger partial charge in [-0.1, -0.05) is 0 Å². The van der Waals surface area contributed by atoms with Crippen LogP contribution in [0.1, 0.15) is 17.4 Å². The standard InChI is InChI=1S/C17H20N2O5/c1-2-22-13-5-7-14(8-6-13)23-11-10-19-16(20)12-24-17(21)15-4-3-9-18-15/h3-9,18H,2,10-12H2,1H3,(H,19,20). The minimum absolute atomic E-state index is 0.307. The quantitative estimate of drug-likeness (QED) is 0.539. The SMILES string of the molecule is CCOc1ccc(OCCNC(=O)COC(=O)c2ccc[nH]2)cc1. The van der Waals surface area contributed by atoms with E-state index in [9.17, 15) is 9.59 Å². The number of hydrogen-bond donors (Lipinski definition) is 2. The number of benzene rings is 1. The van der Waals surface area contributed by atoms with E-state index in [2.05, 4.69) is 10.3 Å². The van der Waals surface area contributed by atoms with Crippen LogP contribution in [0.25, 0.3) is 0 Å². The van der Waals surface area contributed by atoms with Gasteiger partial charge in [-0.15, -0.1) is 0 Å². The Labute approximate surface area is 139 Å². The maximum atomic E-state index is 11.6. The fraction of sp³-hybridized carbons (Fsp3) is 0.294. The Balaban J connectivity index is 1.59. The second kappa shape index (κ2) is 9.24. The first-order valence-corrected chi connectivity index (χ1v) is 7.62. The van der Waals surface area contributed by atoms with Crippen molar-refractivity contribution in [2.75, 3.05) is 26.4 Å². The van der Waals surface area contributed by atoms with Gasteiger partial charge in [0, 0.05) is 6.20 Å². The Hall–Kier alpha value is -2.96. The Morgan fingerprint density at radius 3 is 2.42 bits per heavy atom. The highest BCUT2D eigenvalue weighted by Crippen LogP contribution is 2.17. The molecule has 128 valence electrons. The lowest BCUT2D eigenvalue weighted by molar-refractivity contribution is -0.124. The molecule has 2 rings (SSSR count). The van der Waals surface area contributed by atoms with Crippen molar-refractivity contribution in [1.29, 1.82) is 0 Å². The molecular weight excluding hydrogens is 312 g/mol. The lowest BCUT2D eigenvalue weighted by Crippen LogP contribution is -2.32. The van der Waals surface area contributed by atoms with Crippen molar-refractivity contribution in [2.45, 2.75) is 6.92 Å². The first kappa shape index (κ1) is 17.4. The van der Waals surface area contributed by atoms with E-state index in [1.807, 2.05) is 19.1 Å². The van der Waals surface area contributed by atoms with Gasteiger partial charge in [0.2, 0.25) is 0 Å². The zero-order chi connectivity index (χ0) is 17.2. The zero-order valence-electron chi connectivity index (χ0n) is 13.4. The van der Waals surface area contributed by atoms with E-state index in [0.29, 0.717) is 31.2 Å². The van der Waals surface area contributed by atoms with Crippen LogP contribution < -0.4 is 14.8 Å². The van der Waals surface area contributed by atoms with Crippen molar-refractivity contribution in [2.24, 2.45) is 0 Å². The number of H-pyrrole nitrogens is 1. The zero-order valence-corrected chi connectivity index (χ0v) is 13.4. The molecule has 0 aliphatic carbocycles. The number of aromatic nitrogens is 1. The molecule has 1 aromatic carbocycles. The summed E-state index contributed by atoms with van der Waals surface area (Å²) in [5, 5.41) is 2.61. The molecule has 0 radical (unpaired) electrons. The molecule has 2 N–H and O–H groups in total. The number of nitrogens with one attached hydrogen (secondary N) is 2. The van der Waals surface area contributed by atoms with E-state index in [1.165, 1.54) is 0 Å². The number of carbonyl (C=O) groups is 2. The molecule has 0 saturated heterocycles. The van der Waals surface area contributed by atoms with Crippen LogP contribution in [0.5, 0.6) is 11.5 Å². The molecule has 0 bridgehead atoms. The third kappa shape index (κ3) is 5.68. The van der Waals surface area contributed by atoms with Gasteiger partial charge in [0.15, 0.2) is 6.61 Å². The lowest BCUT2D eigenvalue weighted by Gasteiger charge is -2.09. The van der Waals surface area contributed by atoms with E-state index in [0.717, 1.165) is 5.75 Å². The van der Waals surface area contributed by atoms with Gasteiger partial charge >= 0.3 is 5.97 Å². The van der Waals surface area contributed by atoms with Gasteiger partial charge in [0.05, 0.1) is 13.2 Å². The van der Waals surface area contributed by atoms with Gasteiger partial charge in [-0.3, -0.25) is 4.79 Å². The molecule has 1 amide bonds. The number of esters is 1. The van der Waals surface area contributed by atoms with Crippen LogP contribution in [-0.4, -0.2) is 43.2 Å². The van der Waals surface area contributed by atoms with E-state index in [4.69, 9.17) is 14.2 Å². The van der Waals surface area contributed by atoms with Crippen molar-refractivity contribution in [1.82, 2.24) is 10.3 Å². The van der Waals surface area contributed by atoms with E-state index in [1.54, 1.807) is 30.5 Å². The largest absolute Gasteiger partial charge is 0.494 e. The first-order chi connectivity index (χ1) is 11.7. The van der Waals surface area contributed by atoms with Crippen molar-refractivity contribution in [3.63, 3.8) is 0 Å². The molecule has 0 atom stereocenters. The van der Waals surface area contributed by atoms with Gasteiger partial charge in [-0.25, -0.2) is 4.79 Å². The van der Waals surface area contributed by atoms with Gasteiger partial charge in [-0.2, -0.15) is 0 Å². The van der Waals surface area contributed by atoms with E-state index in [-0.39, 0.29) is 12.5 Å². The van der Waals surface area contributed by atoms with E-state index < -0.39 is 5.97 Å². The summed E-state index contributed by atoms with van der Waals surface area (Å²) >= 11 is 0. The van der Waals surface area contributed by atoms with Crippen LogP contribution in [0.3, 0.4) is 0 Å². The molecule has 0 spiro atoms. The molecule has 0 aliphatic rings. The Morgan fingerprint density at radius 2 is 1.79 bits per heavy atom. The minimum Gasteiger partial charge on any atom is -0.494 e. The van der Waals surface area contributed by atoms with Crippen LogP contribution in [-0.2, 0) is 9.53 Å². The highest BCUT2D eigenvalue weighted by molar-refractivity contribution is 5.89. The summed E-state index contributed by atoms with van der Waals surface area (Å²) in [6.45, 7) is 2.82. The molecule has 0 aliphatic heterocycles. The summed E-state index contributed by atoms with van der Waals surface area (Å²) in [6.07, 6.45) is 1.61. The van der Waals surface area contributed by atoms with Gasteiger partial charge in [0.25, 0.3) is 5.91 Å². The monoisotopic (exact) mass is 332 g/mol. The average molecular weight is 332 g/mol. The predicted molar refractivity (Wildman–Crippen MR) is 87.2 cm³/mol. The summed E-state index contributed by atoms with van der Waals surface area (Å²) in [6, 6.07) is 10.5. The molecule has 1 aromatic heterocycles. The molecule has 1 heterocycles. The minimum atomic E-state index is -0.569. The summed E-state index contributed by atoms with van der Waals surface area (Å²) in [5.41, 5.74) is 0.307. The van der Waals surface area contributed by atoms with Crippen molar-refractivity contribution >= 4 is 11.9 Å². The second-order valence-corrected chi connectivity index (χ2v) is 4.76. The molecule has 7 heteroatoms. The van der Waals surface area contributed by atoms with Gasteiger partial charge in [0.1, 0.15) is 23.8 Å². The van der Waals surface area contributed by atoms with Crippen molar-refractivity contribution < 1.29 is 23.8 Å². The maximum absolute atomic E-state index is 11.6. The van der Waals surface area contributed by atoms with E-state index >= 15 is 0 Å². The highest BCUT2D eigenvalue weighted by atomic mass is 16.5. The number of amides is 1. The summed E-state index contributed by atoms with van der Waals surface area (Å²) in [7, 11) is 0. The maximum Gasteiger partial charge on any atom is 0.355 e. The first-order valence-electron chi connectivity index (χ1n) is 7.62. The molecule has 7 nitrogen and oxygen atoms in total. The summed E-state index contributed by atoms with van der Waals surface area (Å²) in [4.78, 5) is 25.8. The topological polar surface area (TPSA) is 89.7 Å². The Bertz CT molecular complexity index is 638. The predicted octanol–water partition coefficient (Wildman–Crippen LogP) is 1.77. The fourth-order valence-corrected chi connectivity index (χ4v) is 1.88. The van der Waals surface area contributed by atoms with Crippen LogP contribution in [0, 0.1) is 0 Å². The average Bonchev–Trinajstić information content (AvgIpc) is 3.13. The van der Waals surface area contributed by atoms with Crippen LogP contribution >= 0.6 is 0 Å². The fourth-order valence-electron chi connectivity index (χ4n) is 1.88. The summed E-state index contributed by atoms with van der Waals surface area (Å²) < 4.78 is 15.7. The normalized spacial score (nSPS) is 10.0. The number of ether oxygens (including phenoxy) is 3. The highest BCUT2D eigenvalue weighted by Gasteiger charge is 2.10. The number of rotatable bonds is 9. The summed E-state index contributed by atoms with van der Waals surface area (Å²) in [5.74, 6) is 0.513. The molecule has 0 saturated carbocycles. The molecule has 0 fully saturated rings. The van der Waals surface area contributed by atoms with Gasteiger partial charge < -0.3 is 24.5 Å². The lowest BCUT2D eigenvalue weighted by atomic mass is 10.3. The van der Waals surface area contributed by atoms with Crippen molar-refractivity contribution in [3.05, 3.63) is 48.3 Å². The number of carbonyl (C=O) groups excluding carboxylic acids is 2. The number of aromatic amines is 1. The smallest absolute Gasteiger partial charge is 0.355 e. The Morgan fingerprint density at radius 1 is 1.08 bits per heavy atom.